The Hall–Kier alpha value is -4.26. The number of nitrogens with one attached hydrogen (secondary N) is 1. The number of rotatable bonds is 18. The lowest BCUT2D eigenvalue weighted by molar-refractivity contribution is -0.160. The first-order chi connectivity index (χ1) is 35.6. The van der Waals surface area contributed by atoms with E-state index in [-0.39, 0.29) is 62.4 Å². The molecule has 2 aliphatic heterocycles. The minimum absolute atomic E-state index is 0.00263. The maximum atomic E-state index is 14.3. The third-order valence-electron chi connectivity index (χ3n) is 15.0. The quantitative estimate of drug-likeness (QED) is 0.0861. The fourth-order valence-corrected chi connectivity index (χ4v) is 13.5. The third kappa shape index (κ3) is 14.8. The Morgan fingerprint density at radius 1 is 0.623 bits per heavy atom. The molecule has 77 heavy (non-hydrogen) atoms. The van der Waals surface area contributed by atoms with Crippen LogP contribution in [-0.2, 0) is 39.2 Å². The van der Waals surface area contributed by atoms with Crippen molar-refractivity contribution >= 4 is 90.2 Å². The van der Waals surface area contributed by atoms with Crippen LogP contribution in [0.25, 0.3) is 0 Å². The molecule has 3 N–H and O–H groups in total. The Labute approximate surface area is 475 Å². The fraction of sp³-hybridized carbons (Fsp3) is 0.509. The number of likely N-dealkylation sites (N-methyl/N-ethyl adjacent to an activating group) is 1. The summed E-state index contributed by atoms with van der Waals surface area (Å²) in [6, 6.07) is 27.2. The lowest BCUT2D eigenvalue weighted by Gasteiger charge is -2.52. The molecule has 2 saturated heterocycles. The second-order valence-corrected chi connectivity index (χ2v) is 30.0. The van der Waals surface area contributed by atoms with E-state index in [1.807, 2.05) is 74.5 Å². The predicted octanol–water partition coefficient (Wildman–Crippen LogP) is 12.4. The number of piperidine rings is 2. The number of carboxylic acids is 2. The highest BCUT2D eigenvalue weighted by atomic mass is 35.5. The molecule has 2 fully saturated rings. The van der Waals surface area contributed by atoms with Gasteiger partial charge in [-0.15, -0.1) is 0 Å². The first kappa shape index (κ1) is 63.6. The molecule has 20 heteroatoms. The molecular weight excluding hydrogens is 1110 g/mol. The van der Waals surface area contributed by atoms with Gasteiger partial charge in [0.2, 0.25) is 31.9 Å². The van der Waals surface area contributed by atoms with Gasteiger partial charge < -0.3 is 20.0 Å². The number of likely N-dealkylation sites (tertiary alicyclic amines) is 2. The summed E-state index contributed by atoms with van der Waals surface area (Å²) in [7, 11) is -5.83. The molecule has 0 spiro atoms. The van der Waals surface area contributed by atoms with Gasteiger partial charge in [0.25, 0.3) is 0 Å². The zero-order chi connectivity index (χ0) is 57.8. The van der Waals surface area contributed by atoms with Crippen LogP contribution in [0.15, 0.2) is 97.1 Å². The molecule has 422 valence electrons. The number of carbonyl (C=O) groups excluding carboxylic acids is 2. The van der Waals surface area contributed by atoms with E-state index < -0.39 is 76.5 Å². The molecule has 6 rings (SSSR count). The second-order valence-electron chi connectivity index (χ2n) is 22.9. The molecule has 4 aromatic rings. The Kier molecular flexibility index (Phi) is 20.7. The van der Waals surface area contributed by atoms with Crippen LogP contribution in [-0.4, -0.2) is 107 Å². The van der Waals surface area contributed by atoms with Gasteiger partial charge in [-0.1, -0.05) is 123 Å². The number of carboxylic acid groups (broad SMARTS) is 2. The number of hydrogen-bond donors (Lipinski definition) is 3. The van der Waals surface area contributed by atoms with Crippen molar-refractivity contribution in [1.82, 2.24) is 18.8 Å². The van der Waals surface area contributed by atoms with E-state index in [9.17, 15) is 46.2 Å². The Bertz CT molecular complexity index is 2990. The summed E-state index contributed by atoms with van der Waals surface area (Å²) in [5.74, 6) is -3.37. The van der Waals surface area contributed by atoms with E-state index >= 15 is 0 Å². The fourth-order valence-electron chi connectivity index (χ4n) is 10.7. The van der Waals surface area contributed by atoms with Crippen LogP contribution in [0.2, 0.25) is 20.1 Å². The molecule has 8 unspecified atom stereocenters. The molecule has 0 aliphatic carbocycles. The summed E-state index contributed by atoms with van der Waals surface area (Å²) in [4.78, 5) is 55.9. The van der Waals surface area contributed by atoms with Crippen molar-refractivity contribution in [2.24, 2.45) is 10.8 Å². The van der Waals surface area contributed by atoms with Crippen molar-refractivity contribution in [3.63, 3.8) is 0 Å². The summed E-state index contributed by atoms with van der Waals surface area (Å²) in [6.45, 7) is 17.0. The van der Waals surface area contributed by atoms with E-state index in [0.29, 0.717) is 32.9 Å². The van der Waals surface area contributed by atoms with Gasteiger partial charge in [0.1, 0.15) is 0 Å². The van der Waals surface area contributed by atoms with Crippen LogP contribution in [0.4, 0.5) is 0 Å². The highest BCUT2D eigenvalue weighted by molar-refractivity contribution is 7.91. The largest absolute Gasteiger partial charge is 0.481 e. The summed E-state index contributed by atoms with van der Waals surface area (Å²) in [5.41, 5.74) is 0.977. The number of nitrogens with zero attached hydrogens (tertiary/aromatic N) is 3. The minimum atomic E-state index is -3.68. The molecular formula is C57H74Cl4N4O10S2. The zero-order valence-corrected chi connectivity index (χ0v) is 50.3. The molecule has 0 aromatic heterocycles. The van der Waals surface area contributed by atoms with Gasteiger partial charge in [0.05, 0.1) is 45.2 Å². The van der Waals surface area contributed by atoms with E-state index in [0.717, 1.165) is 22.3 Å². The molecule has 0 bridgehead atoms. The number of amides is 2. The molecule has 4 aromatic carbocycles. The number of hydrogen-bond acceptors (Lipinski definition) is 8. The average Bonchev–Trinajstić information content (AvgIpc) is 3.32. The zero-order valence-electron chi connectivity index (χ0n) is 45.7. The van der Waals surface area contributed by atoms with Gasteiger partial charge in [0.15, 0.2) is 0 Å². The normalized spacial score (nSPS) is 23.3. The number of aliphatic carboxylic acids is 2. The van der Waals surface area contributed by atoms with Crippen molar-refractivity contribution in [2.45, 2.75) is 153 Å². The standard InChI is InChI=1S/C29H38Cl2N2O5S.C28H36Cl2N2O5S/c1-7-23(18-32(6)39(37,38)28(2,3)4)33-26(19-11-13-21(30)14-12-19)24(20-9-8-10-22(31)15-20)16-29(5,27(33)36)17-25(34)35;1-6-22(17-31-38(36,37)27(2,3)4)32-25(18-10-12-20(29)13-11-18)23(19-8-7-9-21(30)14-19)15-28(5,26(32)35)16-24(33)34/h8-15,23-24,26H,7,16-18H2,1-6H3,(H,34,35);7-14,22-23,25,31H,6,15-17H2,1-5H3,(H,33,34). The molecule has 2 amide bonds. The van der Waals surface area contributed by atoms with Gasteiger partial charge in [-0.3, -0.25) is 19.2 Å². The minimum Gasteiger partial charge on any atom is -0.481 e. The van der Waals surface area contributed by atoms with E-state index in [1.54, 1.807) is 102 Å². The molecule has 0 radical (unpaired) electrons. The molecule has 2 aliphatic rings. The van der Waals surface area contributed by atoms with E-state index in [1.165, 1.54) is 11.4 Å². The lowest BCUT2D eigenvalue weighted by atomic mass is 9.67. The van der Waals surface area contributed by atoms with Gasteiger partial charge in [-0.05, 0) is 138 Å². The van der Waals surface area contributed by atoms with Crippen LogP contribution >= 0.6 is 46.4 Å². The molecule has 2 heterocycles. The highest BCUT2D eigenvalue weighted by Crippen LogP contribution is 2.54. The highest BCUT2D eigenvalue weighted by Gasteiger charge is 2.54. The van der Waals surface area contributed by atoms with E-state index in [2.05, 4.69) is 4.72 Å². The van der Waals surface area contributed by atoms with Gasteiger partial charge in [-0.25, -0.2) is 25.9 Å². The number of sulfonamides is 2. The summed E-state index contributed by atoms with van der Waals surface area (Å²) < 4.78 is 54.3. The van der Waals surface area contributed by atoms with Crippen molar-refractivity contribution in [1.29, 1.82) is 0 Å². The molecule has 0 saturated carbocycles. The van der Waals surface area contributed by atoms with Crippen LogP contribution in [0.1, 0.15) is 154 Å². The van der Waals surface area contributed by atoms with Crippen LogP contribution in [0.3, 0.4) is 0 Å². The maximum Gasteiger partial charge on any atom is 0.304 e. The maximum absolute atomic E-state index is 14.3. The third-order valence-corrected chi connectivity index (χ3v) is 20.6. The average molecular weight is 1180 g/mol. The van der Waals surface area contributed by atoms with Crippen LogP contribution in [0, 0.1) is 10.8 Å². The Balaban J connectivity index is 0.000000284. The van der Waals surface area contributed by atoms with Crippen LogP contribution in [0.5, 0.6) is 0 Å². The summed E-state index contributed by atoms with van der Waals surface area (Å²) in [5, 5.41) is 21.7. The first-order valence-electron chi connectivity index (χ1n) is 25.7. The monoisotopic (exact) mass is 1180 g/mol. The topological polar surface area (TPSA) is 199 Å². The Morgan fingerprint density at radius 3 is 1.32 bits per heavy atom. The van der Waals surface area contributed by atoms with E-state index in [4.69, 9.17) is 46.4 Å². The van der Waals surface area contributed by atoms with Gasteiger partial charge in [-0.2, -0.15) is 0 Å². The SMILES string of the molecule is CCC(CN(C)S(=O)(=O)C(C)(C)C)N1C(=O)C(C)(CC(=O)O)CC(c2cccc(Cl)c2)C1c1ccc(Cl)cc1.CCC(CNS(=O)(=O)C(C)(C)C)N1C(=O)C(C)(CC(=O)O)CC(c2cccc(Cl)c2)C1c1ccc(Cl)cc1. The molecule has 8 atom stereocenters. The van der Waals surface area contributed by atoms with Crippen LogP contribution < -0.4 is 4.72 Å². The van der Waals surface area contributed by atoms with Crippen molar-refractivity contribution in [2.75, 3.05) is 20.1 Å². The predicted molar refractivity (Wildman–Crippen MR) is 307 cm³/mol. The number of benzene rings is 4. The molecule has 14 nitrogen and oxygen atoms in total. The summed E-state index contributed by atoms with van der Waals surface area (Å²) in [6.07, 6.45) is 0.788. The Morgan fingerprint density at radius 2 is 1.00 bits per heavy atom. The van der Waals surface area contributed by atoms with Crippen molar-refractivity contribution < 1.29 is 46.2 Å². The number of halogens is 4. The van der Waals surface area contributed by atoms with Crippen molar-refractivity contribution in [3.8, 4) is 0 Å². The smallest absolute Gasteiger partial charge is 0.304 e. The summed E-state index contributed by atoms with van der Waals surface area (Å²) >= 11 is 25.1. The lowest BCUT2D eigenvalue weighted by Crippen LogP contribution is -2.58. The van der Waals surface area contributed by atoms with Gasteiger partial charge >= 0.3 is 11.9 Å². The van der Waals surface area contributed by atoms with Gasteiger partial charge in [0, 0.05) is 64.1 Å². The van der Waals surface area contributed by atoms with Crippen molar-refractivity contribution in [3.05, 3.63) is 139 Å². The first-order valence-corrected chi connectivity index (χ1v) is 30.1. The number of carbonyl (C=O) groups is 4. The second kappa shape index (κ2) is 25.0.